The van der Waals surface area contributed by atoms with E-state index in [1.54, 1.807) is 30.5 Å². The highest BCUT2D eigenvalue weighted by atomic mass is 32.2. The number of nitrogens with zero attached hydrogens (tertiary/aromatic N) is 2. The Hall–Kier alpha value is -2.41. The summed E-state index contributed by atoms with van der Waals surface area (Å²) < 4.78 is 22.6. The van der Waals surface area contributed by atoms with Crippen LogP contribution in [0.5, 0.6) is 0 Å². The van der Waals surface area contributed by atoms with Gasteiger partial charge in [0, 0.05) is 24.9 Å². The lowest BCUT2D eigenvalue weighted by molar-refractivity contribution is 0.102. The number of anilines is 2. The highest BCUT2D eigenvalue weighted by Crippen LogP contribution is 2.19. The molecule has 1 saturated heterocycles. The Morgan fingerprint density at radius 3 is 2.36 bits per heavy atom. The minimum absolute atomic E-state index is 0.0310. The van der Waals surface area contributed by atoms with Crippen LogP contribution in [-0.4, -0.2) is 38.7 Å². The summed E-state index contributed by atoms with van der Waals surface area (Å²) in [5.74, 6) is 0.652. The first-order chi connectivity index (χ1) is 11.9. The topological polar surface area (TPSA) is 79.4 Å². The van der Waals surface area contributed by atoms with Gasteiger partial charge in [0.1, 0.15) is 5.82 Å². The Morgan fingerprint density at radius 2 is 1.80 bits per heavy atom. The van der Waals surface area contributed by atoms with Gasteiger partial charge in [0.25, 0.3) is 5.91 Å². The van der Waals surface area contributed by atoms with Crippen molar-refractivity contribution >= 4 is 27.2 Å². The molecule has 2 heterocycles. The van der Waals surface area contributed by atoms with Crippen molar-refractivity contribution in [2.45, 2.75) is 18.6 Å². The van der Waals surface area contributed by atoms with Crippen molar-refractivity contribution in [2.24, 2.45) is 0 Å². The van der Waals surface area contributed by atoms with E-state index >= 15 is 0 Å². The molecule has 0 bridgehead atoms. The fraction of sp³-hybridized carbons (Fsp3) is 0.333. The third kappa shape index (κ3) is 4.79. The molecule has 6 nitrogen and oxygen atoms in total. The Labute approximate surface area is 147 Å². The van der Waals surface area contributed by atoms with Crippen LogP contribution in [0.15, 0.2) is 42.6 Å². The van der Waals surface area contributed by atoms with Crippen LogP contribution in [0.1, 0.15) is 28.8 Å². The number of benzene rings is 1. The van der Waals surface area contributed by atoms with Gasteiger partial charge in [-0.2, -0.15) is 0 Å². The summed E-state index contributed by atoms with van der Waals surface area (Å²) in [6.45, 7) is 2.05. The zero-order valence-corrected chi connectivity index (χ0v) is 14.9. The maximum absolute atomic E-state index is 12.3. The van der Waals surface area contributed by atoms with Gasteiger partial charge in [0.2, 0.25) is 0 Å². The summed E-state index contributed by atoms with van der Waals surface area (Å²) in [6, 6.07) is 10.3. The van der Waals surface area contributed by atoms with Gasteiger partial charge in [-0.3, -0.25) is 4.79 Å². The normalized spacial score (nSPS) is 14.5. The number of carbonyl (C=O) groups is 1. The van der Waals surface area contributed by atoms with Crippen LogP contribution in [0.3, 0.4) is 0 Å². The Bertz CT molecular complexity index is 840. The van der Waals surface area contributed by atoms with Crippen molar-refractivity contribution in [2.75, 3.05) is 29.6 Å². The van der Waals surface area contributed by atoms with E-state index in [4.69, 9.17) is 0 Å². The molecule has 1 amide bonds. The predicted molar refractivity (Wildman–Crippen MR) is 98.6 cm³/mol. The van der Waals surface area contributed by atoms with Gasteiger partial charge < -0.3 is 10.2 Å². The van der Waals surface area contributed by atoms with Crippen molar-refractivity contribution in [1.82, 2.24) is 4.98 Å². The maximum atomic E-state index is 12.3. The first-order valence-electron chi connectivity index (χ1n) is 8.20. The van der Waals surface area contributed by atoms with Gasteiger partial charge in [-0.15, -0.1) is 0 Å². The molecule has 1 N–H and O–H groups in total. The van der Waals surface area contributed by atoms with E-state index in [-0.39, 0.29) is 11.7 Å². The summed E-state index contributed by atoms with van der Waals surface area (Å²) in [5, 5.41) is 2.81. The minimum Gasteiger partial charge on any atom is -0.357 e. The minimum atomic E-state index is -3.08. The zero-order valence-electron chi connectivity index (χ0n) is 14.1. The number of sulfone groups is 1. The molecule has 0 spiro atoms. The summed E-state index contributed by atoms with van der Waals surface area (Å²) in [6.07, 6.45) is 5.22. The molecule has 3 rings (SSSR count). The van der Waals surface area contributed by atoms with Crippen molar-refractivity contribution in [1.29, 1.82) is 0 Å². The SMILES string of the molecule is CS(=O)(=O)Cc1ccc(C(=O)Nc2ccc(N3CCCC3)nc2)cc1. The summed E-state index contributed by atoms with van der Waals surface area (Å²) in [4.78, 5) is 18.9. The van der Waals surface area contributed by atoms with E-state index in [9.17, 15) is 13.2 Å². The molecule has 25 heavy (non-hydrogen) atoms. The maximum Gasteiger partial charge on any atom is 0.255 e. The average molecular weight is 359 g/mol. The molecule has 0 saturated carbocycles. The van der Waals surface area contributed by atoms with E-state index in [0.29, 0.717) is 16.8 Å². The first-order valence-corrected chi connectivity index (χ1v) is 10.3. The van der Waals surface area contributed by atoms with Crippen molar-refractivity contribution in [3.05, 3.63) is 53.7 Å². The third-order valence-corrected chi connectivity index (χ3v) is 4.94. The van der Waals surface area contributed by atoms with Gasteiger partial charge in [0.15, 0.2) is 9.84 Å². The van der Waals surface area contributed by atoms with Crippen LogP contribution in [-0.2, 0) is 15.6 Å². The van der Waals surface area contributed by atoms with Crippen LogP contribution < -0.4 is 10.2 Å². The van der Waals surface area contributed by atoms with E-state index in [0.717, 1.165) is 18.9 Å². The molecule has 2 aromatic rings. The number of amides is 1. The fourth-order valence-corrected chi connectivity index (χ4v) is 3.65. The number of pyridine rings is 1. The molecular formula is C18H21N3O3S. The van der Waals surface area contributed by atoms with Crippen LogP contribution in [0.25, 0.3) is 0 Å². The second-order valence-electron chi connectivity index (χ2n) is 6.32. The Kier molecular flexibility index (Phi) is 5.03. The predicted octanol–water partition coefficient (Wildman–Crippen LogP) is 2.48. The summed E-state index contributed by atoms with van der Waals surface area (Å²) >= 11 is 0. The highest BCUT2D eigenvalue weighted by Gasteiger charge is 2.13. The molecule has 0 atom stereocenters. The van der Waals surface area contributed by atoms with Crippen molar-refractivity contribution in [3.8, 4) is 0 Å². The van der Waals surface area contributed by atoms with Gasteiger partial charge in [-0.25, -0.2) is 13.4 Å². The lowest BCUT2D eigenvalue weighted by Crippen LogP contribution is -2.19. The summed E-state index contributed by atoms with van der Waals surface area (Å²) in [7, 11) is -3.08. The largest absolute Gasteiger partial charge is 0.357 e. The first kappa shape index (κ1) is 17.4. The molecular weight excluding hydrogens is 338 g/mol. The lowest BCUT2D eigenvalue weighted by atomic mass is 10.1. The molecule has 1 aliphatic heterocycles. The van der Waals surface area contributed by atoms with Crippen LogP contribution in [0.2, 0.25) is 0 Å². The molecule has 7 heteroatoms. The van der Waals surface area contributed by atoms with Gasteiger partial charge in [-0.1, -0.05) is 12.1 Å². The number of rotatable bonds is 5. The number of carbonyl (C=O) groups excluding carboxylic acids is 1. The van der Waals surface area contributed by atoms with Gasteiger partial charge >= 0.3 is 0 Å². The van der Waals surface area contributed by atoms with Crippen molar-refractivity contribution < 1.29 is 13.2 Å². The molecule has 1 aromatic heterocycles. The van der Waals surface area contributed by atoms with Crippen molar-refractivity contribution in [3.63, 3.8) is 0 Å². The van der Waals surface area contributed by atoms with E-state index < -0.39 is 9.84 Å². The number of hydrogen-bond donors (Lipinski definition) is 1. The molecule has 1 aromatic carbocycles. The molecule has 0 aliphatic carbocycles. The number of nitrogens with one attached hydrogen (secondary N) is 1. The third-order valence-electron chi connectivity index (χ3n) is 4.08. The van der Waals surface area contributed by atoms with Crippen LogP contribution >= 0.6 is 0 Å². The van der Waals surface area contributed by atoms with E-state index in [1.807, 2.05) is 12.1 Å². The van der Waals surface area contributed by atoms with Crippen LogP contribution in [0.4, 0.5) is 11.5 Å². The zero-order chi connectivity index (χ0) is 17.9. The second kappa shape index (κ2) is 7.23. The molecule has 1 aliphatic rings. The highest BCUT2D eigenvalue weighted by molar-refractivity contribution is 7.89. The smallest absolute Gasteiger partial charge is 0.255 e. The summed E-state index contributed by atoms with van der Waals surface area (Å²) in [5.41, 5.74) is 1.77. The second-order valence-corrected chi connectivity index (χ2v) is 8.46. The monoisotopic (exact) mass is 359 g/mol. The van der Waals surface area contributed by atoms with Gasteiger partial charge in [-0.05, 0) is 42.7 Å². The fourth-order valence-electron chi connectivity index (χ4n) is 2.85. The van der Waals surface area contributed by atoms with E-state index in [1.165, 1.54) is 19.1 Å². The molecule has 0 unspecified atom stereocenters. The van der Waals surface area contributed by atoms with E-state index in [2.05, 4.69) is 15.2 Å². The molecule has 1 fully saturated rings. The Balaban J connectivity index is 1.63. The van der Waals surface area contributed by atoms with Crippen LogP contribution in [0, 0.1) is 0 Å². The Morgan fingerprint density at radius 1 is 1.12 bits per heavy atom. The molecule has 132 valence electrons. The van der Waals surface area contributed by atoms with Gasteiger partial charge in [0.05, 0.1) is 17.6 Å². The number of aromatic nitrogens is 1. The number of hydrogen-bond acceptors (Lipinski definition) is 5. The lowest BCUT2D eigenvalue weighted by Gasteiger charge is -2.16. The quantitative estimate of drug-likeness (QED) is 0.887. The standard InChI is InChI=1S/C18H21N3O3S/c1-25(23,24)13-14-4-6-15(7-5-14)18(22)20-16-8-9-17(19-12-16)21-10-2-3-11-21/h4-9,12H,2-3,10-11,13H2,1H3,(H,20,22). The molecule has 0 radical (unpaired) electrons. The average Bonchev–Trinajstić information content (AvgIpc) is 3.09.